The lowest BCUT2D eigenvalue weighted by atomic mass is 9.95. The summed E-state index contributed by atoms with van der Waals surface area (Å²) in [5.41, 5.74) is 0.963. The Hall–Kier alpha value is -1.99. The SMILES string of the molecule is CC(Nc1ncc(C(=O)N2CCC(N3CCC[C@@H](C)C3)CC2)s1)c1ccccn1. The predicted octanol–water partition coefficient (Wildman–Crippen LogP) is 4.05. The van der Waals surface area contributed by atoms with Crippen LogP contribution in [0.25, 0.3) is 0 Å². The van der Waals surface area contributed by atoms with Crippen LogP contribution < -0.4 is 5.32 Å². The lowest BCUT2D eigenvalue weighted by Gasteiger charge is -2.41. The van der Waals surface area contributed by atoms with E-state index in [0.717, 1.165) is 42.7 Å². The quantitative estimate of drug-likeness (QED) is 0.801. The number of piperidine rings is 2. The van der Waals surface area contributed by atoms with Crippen LogP contribution in [-0.4, -0.2) is 57.9 Å². The highest BCUT2D eigenvalue weighted by Gasteiger charge is 2.30. The summed E-state index contributed by atoms with van der Waals surface area (Å²) in [6.07, 6.45) is 8.33. The Morgan fingerprint density at radius 1 is 1.21 bits per heavy atom. The van der Waals surface area contributed by atoms with Crippen molar-refractivity contribution >= 4 is 22.4 Å². The van der Waals surface area contributed by atoms with Crippen LogP contribution in [0.5, 0.6) is 0 Å². The summed E-state index contributed by atoms with van der Waals surface area (Å²) in [6, 6.07) is 6.56. The third-order valence-corrected chi connectivity index (χ3v) is 7.06. The van der Waals surface area contributed by atoms with Crippen LogP contribution in [0.3, 0.4) is 0 Å². The van der Waals surface area contributed by atoms with E-state index in [9.17, 15) is 4.79 Å². The number of nitrogens with zero attached hydrogens (tertiary/aromatic N) is 4. The average Bonchev–Trinajstić information content (AvgIpc) is 3.22. The van der Waals surface area contributed by atoms with Crippen molar-refractivity contribution in [3.63, 3.8) is 0 Å². The summed E-state index contributed by atoms with van der Waals surface area (Å²) >= 11 is 1.44. The number of hydrogen-bond donors (Lipinski definition) is 1. The van der Waals surface area contributed by atoms with Gasteiger partial charge in [-0.2, -0.15) is 0 Å². The zero-order valence-electron chi connectivity index (χ0n) is 17.4. The summed E-state index contributed by atoms with van der Waals surface area (Å²) in [4.78, 5) is 27.1. The van der Waals surface area contributed by atoms with Gasteiger partial charge in [0.05, 0.1) is 17.9 Å². The van der Waals surface area contributed by atoms with E-state index in [1.54, 1.807) is 12.4 Å². The first-order chi connectivity index (χ1) is 14.1. The van der Waals surface area contributed by atoms with Gasteiger partial charge in [-0.05, 0) is 57.2 Å². The lowest BCUT2D eigenvalue weighted by Crippen LogP contribution is -2.49. The van der Waals surface area contributed by atoms with Crippen molar-refractivity contribution in [3.05, 3.63) is 41.2 Å². The van der Waals surface area contributed by atoms with Crippen molar-refractivity contribution in [1.29, 1.82) is 0 Å². The number of amides is 1. The fourth-order valence-corrected chi connectivity index (χ4v) is 5.35. The van der Waals surface area contributed by atoms with Gasteiger partial charge in [-0.3, -0.25) is 14.7 Å². The zero-order chi connectivity index (χ0) is 20.2. The highest BCUT2D eigenvalue weighted by atomic mass is 32.1. The smallest absolute Gasteiger partial charge is 0.265 e. The third-order valence-electron chi connectivity index (χ3n) is 6.14. The topological polar surface area (TPSA) is 61.4 Å². The minimum absolute atomic E-state index is 0.0491. The number of nitrogens with one attached hydrogen (secondary N) is 1. The number of hydrogen-bond acceptors (Lipinski definition) is 6. The fourth-order valence-electron chi connectivity index (χ4n) is 4.48. The molecule has 0 radical (unpaired) electrons. The van der Waals surface area contributed by atoms with Gasteiger partial charge < -0.3 is 10.2 Å². The van der Waals surface area contributed by atoms with E-state index in [1.807, 2.05) is 23.1 Å². The molecule has 0 spiro atoms. The molecule has 0 saturated carbocycles. The summed E-state index contributed by atoms with van der Waals surface area (Å²) in [6.45, 7) is 8.55. The number of aromatic nitrogens is 2. The normalized spacial score (nSPS) is 22.4. The Kier molecular flexibility index (Phi) is 6.45. The van der Waals surface area contributed by atoms with Gasteiger partial charge in [0.2, 0.25) is 0 Å². The second-order valence-corrected chi connectivity index (χ2v) is 9.45. The van der Waals surface area contributed by atoms with Gasteiger partial charge in [-0.1, -0.05) is 24.3 Å². The minimum atomic E-state index is 0.0491. The van der Waals surface area contributed by atoms with E-state index >= 15 is 0 Å². The summed E-state index contributed by atoms with van der Waals surface area (Å²) < 4.78 is 0. The van der Waals surface area contributed by atoms with Gasteiger partial charge in [0.1, 0.15) is 4.88 Å². The number of likely N-dealkylation sites (tertiary alicyclic amines) is 2. The minimum Gasteiger partial charge on any atom is -0.353 e. The Balaban J connectivity index is 1.30. The Morgan fingerprint density at radius 3 is 2.76 bits per heavy atom. The van der Waals surface area contributed by atoms with Gasteiger partial charge in [0.25, 0.3) is 5.91 Å². The van der Waals surface area contributed by atoms with Crippen LogP contribution >= 0.6 is 11.3 Å². The van der Waals surface area contributed by atoms with E-state index in [0.29, 0.717) is 10.9 Å². The number of carbonyl (C=O) groups is 1. The number of thiazole rings is 1. The molecule has 2 aliphatic heterocycles. The van der Waals surface area contributed by atoms with Crippen LogP contribution in [0.1, 0.15) is 60.9 Å². The summed E-state index contributed by atoms with van der Waals surface area (Å²) in [7, 11) is 0. The van der Waals surface area contributed by atoms with E-state index in [4.69, 9.17) is 0 Å². The average molecular weight is 414 g/mol. The molecule has 0 aliphatic carbocycles. The molecule has 6 nitrogen and oxygen atoms in total. The Labute approximate surface area is 177 Å². The van der Waals surface area contributed by atoms with Crippen molar-refractivity contribution in [2.24, 2.45) is 5.92 Å². The van der Waals surface area contributed by atoms with Crippen LogP contribution in [-0.2, 0) is 0 Å². The maximum absolute atomic E-state index is 12.9. The van der Waals surface area contributed by atoms with E-state index < -0.39 is 0 Å². The molecule has 4 rings (SSSR count). The van der Waals surface area contributed by atoms with Gasteiger partial charge in [-0.25, -0.2) is 4.98 Å². The molecular formula is C22H31N5OS. The van der Waals surface area contributed by atoms with Gasteiger partial charge >= 0.3 is 0 Å². The molecule has 2 saturated heterocycles. The molecule has 7 heteroatoms. The molecule has 1 unspecified atom stereocenters. The first-order valence-electron chi connectivity index (χ1n) is 10.8. The number of anilines is 1. The molecular weight excluding hydrogens is 382 g/mol. The number of pyridine rings is 1. The maximum Gasteiger partial charge on any atom is 0.265 e. The lowest BCUT2D eigenvalue weighted by molar-refractivity contribution is 0.0545. The van der Waals surface area contributed by atoms with Crippen LogP contribution in [0.4, 0.5) is 5.13 Å². The van der Waals surface area contributed by atoms with Crippen molar-refractivity contribution < 1.29 is 4.79 Å². The predicted molar refractivity (Wildman–Crippen MR) is 117 cm³/mol. The van der Waals surface area contributed by atoms with Gasteiger partial charge in [-0.15, -0.1) is 0 Å². The number of rotatable bonds is 5. The van der Waals surface area contributed by atoms with Crippen molar-refractivity contribution in [3.8, 4) is 0 Å². The molecule has 2 aromatic heterocycles. The van der Waals surface area contributed by atoms with Gasteiger partial charge in [0, 0.05) is 31.9 Å². The maximum atomic E-state index is 12.9. The van der Waals surface area contributed by atoms with E-state index in [-0.39, 0.29) is 11.9 Å². The van der Waals surface area contributed by atoms with Crippen molar-refractivity contribution in [2.75, 3.05) is 31.5 Å². The molecule has 0 bridgehead atoms. The largest absolute Gasteiger partial charge is 0.353 e. The molecule has 2 aliphatic rings. The monoisotopic (exact) mass is 413 g/mol. The Bertz CT molecular complexity index is 803. The second-order valence-electron chi connectivity index (χ2n) is 8.42. The molecule has 156 valence electrons. The molecule has 29 heavy (non-hydrogen) atoms. The van der Waals surface area contributed by atoms with E-state index in [2.05, 4.69) is 34.0 Å². The zero-order valence-corrected chi connectivity index (χ0v) is 18.2. The van der Waals surface area contributed by atoms with Crippen molar-refractivity contribution in [1.82, 2.24) is 19.8 Å². The van der Waals surface area contributed by atoms with Crippen LogP contribution in [0.2, 0.25) is 0 Å². The fraction of sp³-hybridized carbons (Fsp3) is 0.591. The molecule has 2 atom stereocenters. The molecule has 1 N–H and O–H groups in total. The van der Waals surface area contributed by atoms with E-state index in [1.165, 1.54) is 37.3 Å². The molecule has 2 fully saturated rings. The standard InChI is InChI=1S/C22H31N5OS/c1-16-6-5-11-27(15-16)18-8-12-26(13-9-18)21(28)20-14-24-22(29-20)25-17(2)19-7-3-4-10-23-19/h3-4,7,10,14,16-18H,5-6,8-9,11-13,15H2,1-2H3,(H,24,25)/t16-,17?/m1/s1. The van der Waals surface area contributed by atoms with Crippen LogP contribution in [0, 0.1) is 5.92 Å². The number of carbonyl (C=O) groups excluding carboxylic acids is 1. The molecule has 0 aromatic carbocycles. The van der Waals surface area contributed by atoms with Crippen LogP contribution in [0.15, 0.2) is 30.6 Å². The van der Waals surface area contributed by atoms with Gasteiger partial charge in [0.15, 0.2) is 5.13 Å². The first kappa shape index (κ1) is 20.3. The summed E-state index contributed by atoms with van der Waals surface area (Å²) in [5, 5.41) is 4.13. The second kappa shape index (κ2) is 9.22. The molecule has 4 heterocycles. The highest BCUT2D eigenvalue weighted by Crippen LogP contribution is 2.27. The van der Waals surface area contributed by atoms with Crippen molar-refractivity contribution in [2.45, 2.75) is 51.6 Å². The third kappa shape index (κ3) is 4.95. The first-order valence-corrected chi connectivity index (χ1v) is 11.6. The Morgan fingerprint density at radius 2 is 2.03 bits per heavy atom. The highest BCUT2D eigenvalue weighted by molar-refractivity contribution is 7.17. The summed E-state index contributed by atoms with van der Waals surface area (Å²) in [5.74, 6) is 0.923. The molecule has 2 aromatic rings. The molecule has 1 amide bonds.